The van der Waals surface area contributed by atoms with E-state index in [4.69, 9.17) is 4.74 Å². The molecular weight excluding hydrogens is 258 g/mol. The maximum Gasteiger partial charge on any atom is 0.311 e. The van der Waals surface area contributed by atoms with Crippen molar-refractivity contribution >= 4 is 11.9 Å². The Balaban J connectivity index is 2.46. The summed E-state index contributed by atoms with van der Waals surface area (Å²) in [5.74, 6) is -0.714. The van der Waals surface area contributed by atoms with Gasteiger partial charge in [-0.25, -0.2) is 0 Å². The van der Waals surface area contributed by atoms with Crippen LogP contribution in [-0.2, 0) is 14.3 Å². The summed E-state index contributed by atoms with van der Waals surface area (Å²) in [5, 5.41) is 9.45. The zero-order valence-corrected chi connectivity index (χ0v) is 13.0. The van der Waals surface area contributed by atoms with Gasteiger partial charge in [0.15, 0.2) is 0 Å². The van der Waals surface area contributed by atoms with Crippen molar-refractivity contribution in [3.63, 3.8) is 0 Å². The van der Waals surface area contributed by atoms with Crippen LogP contribution in [0.2, 0.25) is 0 Å². The predicted octanol–water partition coefficient (Wildman–Crippen LogP) is 2.15. The van der Waals surface area contributed by atoms with Gasteiger partial charge < -0.3 is 14.7 Å². The first-order valence-corrected chi connectivity index (χ1v) is 7.42. The highest BCUT2D eigenvalue weighted by molar-refractivity contribution is 5.80. The predicted molar refractivity (Wildman–Crippen MR) is 76.4 cm³/mol. The van der Waals surface area contributed by atoms with Crippen LogP contribution in [0.5, 0.6) is 0 Å². The zero-order chi connectivity index (χ0) is 15.3. The van der Waals surface area contributed by atoms with Crippen LogP contribution in [0.15, 0.2) is 0 Å². The SMILES string of the molecule is CC(C)OCCCC(=O)N1CCC(C(=O)O)(C(C)C)C1. The molecule has 0 aromatic carbocycles. The number of carboxylic acids is 1. The molecule has 1 saturated heterocycles. The fourth-order valence-electron chi connectivity index (χ4n) is 2.64. The van der Waals surface area contributed by atoms with Crippen molar-refractivity contribution in [2.45, 2.75) is 53.1 Å². The summed E-state index contributed by atoms with van der Waals surface area (Å²) in [6, 6.07) is 0. The highest BCUT2D eigenvalue weighted by atomic mass is 16.5. The lowest BCUT2D eigenvalue weighted by Gasteiger charge is -2.28. The van der Waals surface area contributed by atoms with E-state index >= 15 is 0 Å². The summed E-state index contributed by atoms with van der Waals surface area (Å²) < 4.78 is 5.41. The van der Waals surface area contributed by atoms with E-state index in [2.05, 4.69) is 0 Å². The average Bonchev–Trinajstić information content (AvgIpc) is 2.80. The van der Waals surface area contributed by atoms with Crippen LogP contribution in [0, 0.1) is 11.3 Å². The Labute approximate surface area is 121 Å². The van der Waals surface area contributed by atoms with Gasteiger partial charge in [-0.15, -0.1) is 0 Å². The third-order valence-corrected chi connectivity index (χ3v) is 4.17. The lowest BCUT2D eigenvalue weighted by atomic mass is 9.76. The van der Waals surface area contributed by atoms with E-state index in [1.807, 2.05) is 27.7 Å². The zero-order valence-electron chi connectivity index (χ0n) is 13.0. The van der Waals surface area contributed by atoms with Crippen molar-refractivity contribution < 1.29 is 19.4 Å². The number of nitrogens with zero attached hydrogens (tertiary/aromatic N) is 1. The van der Waals surface area contributed by atoms with E-state index in [0.29, 0.717) is 39.0 Å². The monoisotopic (exact) mass is 285 g/mol. The van der Waals surface area contributed by atoms with Crippen molar-refractivity contribution in [1.82, 2.24) is 4.90 Å². The van der Waals surface area contributed by atoms with Crippen molar-refractivity contribution in [2.75, 3.05) is 19.7 Å². The van der Waals surface area contributed by atoms with Gasteiger partial charge in [-0.2, -0.15) is 0 Å². The topological polar surface area (TPSA) is 66.8 Å². The average molecular weight is 285 g/mol. The summed E-state index contributed by atoms with van der Waals surface area (Å²) >= 11 is 0. The minimum atomic E-state index is -0.786. The fourth-order valence-corrected chi connectivity index (χ4v) is 2.64. The van der Waals surface area contributed by atoms with Crippen LogP contribution in [0.1, 0.15) is 47.0 Å². The van der Waals surface area contributed by atoms with Crippen LogP contribution in [0.3, 0.4) is 0 Å². The smallest absolute Gasteiger partial charge is 0.311 e. The molecule has 0 spiro atoms. The molecule has 1 fully saturated rings. The number of hydrogen-bond acceptors (Lipinski definition) is 3. The Bertz CT molecular complexity index is 354. The molecular formula is C15H27NO4. The van der Waals surface area contributed by atoms with E-state index in [-0.39, 0.29) is 17.9 Å². The second-order valence-electron chi connectivity index (χ2n) is 6.20. The van der Waals surface area contributed by atoms with Gasteiger partial charge in [0, 0.05) is 26.1 Å². The van der Waals surface area contributed by atoms with E-state index in [9.17, 15) is 14.7 Å². The van der Waals surface area contributed by atoms with Gasteiger partial charge >= 0.3 is 5.97 Å². The minimum absolute atomic E-state index is 0.0297. The van der Waals surface area contributed by atoms with Crippen LogP contribution < -0.4 is 0 Å². The third kappa shape index (κ3) is 3.95. The second-order valence-corrected chi connectivity index (χ2v) is 6.20. The molecule has 0 aliphatic carbocycles. The number of carboxylic acid groups (broad SMARTS) is 1. The molecule has 1 aliphatic heterocycles. The minimum Gasteiger partial charge on any atom is -0.481 e. The van der Waals surface area contributed by atoms with Gasteiger partial charge in [0.1, 0.15) is 0 Å². The highest BCUT2D eigenvalue weighted by Gasteiger charge is 2.48. The largest absolute Gasteiger partial charge is 0.481 e. The number of hydrogen-bond donors (Lipinski definition) is 1. The van der Waals surface area contributed by atoms with E-state index in [1.165, 1.54) is 0 Å². The maximum absolute atomic E-state index is 12.1. The first-order valence-electron chi connectivity index (χ1n) is 7.42. The van der Waals surface area contributed by atoms with Crippen LogP contribution in [-0.4, -0.2) is 47.7 Å². The molecule has 1 rings (SSSR count). The van der Waals surface area contributed by atoms with Crippen LogP contribution in [0.25, 0.3) is 0 Å². The number of carbonyl (C=O) groups excluding carboxylic acids is 1. The number of amides is 1. The molecule has 0 aromatic rings. The Morgan fingerprint density at radius 3 is 2.40 bits per heavy atom. The standard InChI is InChI=1S/C15H27NO4/c1-11(2)15(14(18)19)7-8-16(10-15)13(17)6-5-9-20-12(3)4/h11-12H,5-10H2,1-4H3,(H,18,19). The summed E-state index contributed by atoms with van der Waals surface area (Å²) in [5.41, 5.74) is -0.774. The van der Waals surface area contributed by atoms with Gasteiger partial charge in [0.25, 0.3) is 0 Å². The number of rotatable bonds is 7. The molecule has 0 aromatic heterocycles. The van der Waals surface area contributed by atoms with Crippen molar-refractivity contribution in [3.8, 4) is 0 Å². The van der Waals surface area contributed by atoms with E-state index in [1.54, 1.807) is 4.90 Å². The first kappa shape index (κ1) is 17.0. The Kier molecular flexibility index (Phi) is 5.99. The molecule has 0 radical (unpaired) electrons. The molecule has 5 heteroatoms. The van der Waals surface area contributed by atoms with E-state index in [0.717, 1.165) is 0 Å². The summed E-state index contributed by atoms with van der Waals surface area (Å²) in [4.78, 5) is 25.3. The van der Waals surface area contributed by atoms with Gasteiger partial charge in [-0.3, -0.25) is 9.59 Å². The van der Waals surface area contributed by atoms with Crippen LogP contribution >= 0.6 is 0 Å². The normalized spacial score (nSPS) is 22.8. The molecule has 1 unspecified atom stereocenters. The quantitative estimate of drug-likeness (QED) is 0.728. The molecule has 1 aliphatic rings. The lowest BCUT2D eigenvalue weighted by Crippen LogP contribution is -2.40. The van der Waals surface area contributed by atoms with Crippen LogP contribution in [0.4, 0.5) is 0 Å². The van der Waals surface area contributed by atoms with Gasteiger partial charge in [0.05, 0.1) is 11.5 Å². The number of aliphatic carboxylic acids is 1. The maximum atomic E-state index is 12.1. The fraction of sp³-hybridized carbons (Fsp3) is 0.867. The molecule has 1 atom stereocenters. The van der Waals surface area contributed by atoms with Gasteiger partial charge in [0.2, 0.25) is 5.91 Å². The summed E-state index contributed by atoms with van der Waals surface area (Å²) in [7, 11) is 0. The molecule has 0 saturated carbocycles. The molecule has 1 amide bonds. The van der Waals surface area contributed by atoms with Crippen molar-refractivity contribution in [3.05, 3.63) is 0 Å². The molecule has 5 nitrogen and oxygen atoms in total. The third-order valence-electron chi connectivity index (χ3n) is 4.17. The van der Waals surface area contributed by atoms with Gasteiger partial charge in [-0.1, -0.05) is 13.8 Å². The van der Waals surface area contributed by atoms with Crippen molar-refractivity contribution in [1.29, 1.82) is 0 Å². The molecule has 20 heavy (non-hydrogen) atoms. The number of ether oxygens (including phenoxy) is 1. The highest BCUT2D eigenvalue weighted by Crippen LogP contribution is 2.38. The molecule has 0 bridgehead atoms. The lowest BCUT2D eigenvalue weighted by molar-refractivity contribution is -0.151. The number of carbonyl (C=O) groups is 2. The Morgan fingerprint density at radius 2 is 1.95 bits per heavy atom. The molecule has 1 N–H and O–H groups in total. The summed E-state index contributed by atoms with van der Waals surface area (Å²) in [6.45, 7) is 9.22. The molecule has 116 valence electrons. The second kappa shape index (κ2) is 7.07. The van der Waals surface area contributed by atoms with E-state index < -0.39 is 11.4 Å². The Morgan fingerprint density at radius 1 is 1.30 bits per heavy atom. The van der Waals surface area contributed by atoms with Gasteiger partial charge in [-0.05, 0) is 32.6 Å². The summed E-state index contributed by atoms with van der Waals surface area (Å²) in [6.07, 6.45) is 1.85. The first-order chi connectivity index (χ1) is 9.29. The number of likely N-dealkylation sites (tertiary alicyclic amines) is 1. The van der Waals surface area contributed by atoms with Crippen molar-refractivity contribution in [2.24, 2.45) is 11.3 Å². The Hall–Kier alpha value is -1.10. The molecule has 1 heterocycles.